The van der Waals surface area contributed by atoms with E-state index in [-0.39, 0.29) is 4.88 Å². The number of aromatic carboxylic acids is 1. The van der Waals surface area contributed by atoms with Crippen LogP contribution in [0.25, 0.3) is 0 Å². The molecule has 1 aromatic rings. The molecule has 5 heteroatoms. The molecule has 1 heterocycles. The van der Waals surface area contributed by atoms with Gasteiger partial charge < -0.3 is 14.9 Å². The second-order valence-corrected chi connectivity index (χ2v) is 5.61. The summed E-state index contributed by atoms with van der Waals surface area (Å²) in [6.07, 6.45) is 1.25. The number of thiophene rings is 1. The Labute approximate surface area is 105 Å². The third-order valence-electron chi connectivity index (χ3n) is 2.26. The van der Waals surface area contributed by atoms with Crippen LogP contribution >= 0.6 is 11.3 Å². The molecular formula is C12H18O4S. The molecule has 0 bridgehead atoms. The van der Waals surface area contributed by atoms with E-state index in [4.69, 9.17) is 9.84 Å². The molecule has 1 aromatic heterocycles. The van der Waals surface area contributed by atoms with E-state index < -0.39 is 11.6 Å². The highest BCUT2D eigenvalue weighted by molar-refractivity contribution is 7.14. The zero-order valence-corrected chi connectivity index (χ0v) is 11.1. The molecule has 0 atom stereocenters. The molecule has 96 valence electrons. The lowest BCUT2D eigenvalue weighted by Gasteiger charge is -2.16. The van der Waals surface area contributed by atoms with Gasteiger partial charge in [0.25, 0.3) is 0 Å². The van der Waals surface area contributed by atoms with Crippen LogP contribution in [0, 0.1) is 0 Å². The van der Waals surface area contributed by atoms with Crippen LogP contribution in [0.2, 0.25) is 0 Å². The smallest absolute Gasteiger partial charge is 0.349 e. The van der Waals surface area contributed by atoms with Gasteiger partial charge in [0.15, 0.2) is 4.88 Å². The first kappa shape index (κ1) is 14.0. The summed E-state index contributed by atoms with van der Waals surface area (Å²) in [4.78, 5) is 12.2. The maximum Gasteiger partial charge on any atom is 0.349 e. The van der Waals surface area contributed by atoms with Gasteiger partial charge in [0.05, 0.1) is 12.2 Å². The fourth-order valence-corrected chi connectivity index (χ4v) is 2.14. The Morgan fingerprint density at radius 1 is 1.53 bits per heavy atom. The molecule has 0 aromatic carbocycles. The monoisotopic (exact) mass is 258 g/mol. The predicted molar refractivity (Wildman–Crippen MR) is 67.1 cm³/mol. The van der Waals surface area contributed by atoms with Crippen LogP contribution in [-0.2, 0) is 6.42 Å². The number of hydrogen-bond donors (Lipinski definition) is 2. The summed E-state index contributed by atoms with van der Waals surface area (Å²) in [5.74, 6) is -0.559. The molecule has 0 spiro atoms. The Morgan fingerprint density at radius 2 is 2.18 bits per heavy atom. The normalized spacial score (nSPS) is 11.5. The fraction of sp³-hybridized carbons (Fsp3) is 0.583. The Morgan fingerprint density at radius 3 is 2.65 bits per heavy atom. The highest BCUT2D eigenvalue weighted by atomic mass is 32.1. The molecule has 0 aliphatic rings. The van der Waals surface area contributed by atoms with Crippen molar-refractivity contribution in [3.05, 3.63) is 15.8 Å². The van der Waals surface area contributed by atoms with Crippen LogP contribution in [0.4, 0.5) is 0 Å². The number of aryl methyl sites for hydroxylation is 1. The van der Waals surface area contributed by atoms with E-state index >= 15 is 0 Å². The van der Waals surface area contributed by atoms with Crippen molar-refractivity contribution in [1.82, 2.24) is 0 Å². The molecule has 0 fully saturated rings. The molecule has 4 nitrogen and oxygen atoms in total. The van der Waals surface area contributed by atoms with Gasteiger partial charge in [-0.1, -0.05) is 6.92 Å². The largest absolute Gasteiger partial charge is 0.492 e. The molecule has 0 radical (unpaired) electrons. The average Bonchev–Trinajstić information content (AvgIpc) is 2.59. The van der Waals surface area contributed by atoms with Crippen LogP contribution in [0.1, 0.15) is 41.7 Å². The number of rotatable bonds is 6. The zero-order chi connectivity index (χ0) is 13.1. The molecule has 0 aliphatic heterocycles. The van der Waals surface area contributed by atoms with E-state index in [1.165, 1.54) is 11.3 Å². The number of carbonyl (C=O) groups is 1. The van der Waals surface area contributed by atoms with Gasteiger partial charge in [-0.2, -0.15) is 0 Å². The first-order valence-electron chi connectivity index (χ1n) is 5.54. The second kappa shape index (κ2) is 5.51. The van der Waals surface area contributed by atoms with E-state index in [9.17, 15) is 9.90 Å². The second-order valence-electron chi connectivity index (χ2n) is 4.48. The van der Waals surface area contributed by atoms with Gasteiger partial charge >= 0.3 is 5.97 Å². The van der Waals surface area contributed by atoms with E-state index in [1.807, 2.05) is 6.92 Å². The SMILES string of the molecule is CCc1cc(OCCC(C)(C)O)c(C(=O)O)s1. The van der Waals surface area contributed by atoms with Crippen molar-refractivity contribution < 1.29 is 19.7 Å². The van der Waals surface area contributed by atoms with E-state index in [2.05, 4.69) is 0 Å². The Hall–Kier alpha value is -1.07. The van der Waals surface area contributed by atoms with Crippen LogP contribution < -0.4 is 4.74 Å². The van der Waals surface area contributed by atoms with E-state index in [1.54, 1.807) is 19.9 Å². The van der Waals surface area contributed by atoms with Crippen molar-refractivity contribution in [1.29, 1.82) is 0 Å². The minimum atomic E-state index is -0.965. The topological polar surface area (TPSA) is 66.8 Å². The molecule has 0 aliphatic carbocycles. The van der Waals surface area contributed by atoms with Gasteiger partial charge in [0.2, 0.25) is 0 Å². The van der Waals surface area contributed by atoms with Gasteiger partial charge in [-0.25, -0.2) is 4.79 Å². The summed E-state index contributed by atoms with van der Waals surface area (Å²) >= 11 is 1.24. The zero-order valence-electron chi connectivity index (χ0n) is 10.3. The van der Waals surface area contributed by atoms with Crippen molar-refractivity contribution in [3.8, 4) is 5.75 Å². The fourth-order valence-electron chi connectivity index (χ4n) is 1.26. The molecule has 0 amide bonds. The summed E-state index contributed by atoms with van der Waals surface area (Å²) < 4.78 is 5.43. The lowest BCUT2D eigenvalue weighted by molar-refractivity contribution is 0.0550. The molecule has 17 heavy (non-hydrogen) atoms. The van der Waals surface area contributed by atoms with Crippen LogP contribution in [0.15, 0.2) is 6.07 Å². The summed E-state index contributed by atoms with van der Waals surface area (Å²) in [5, 5.41) is 18.5. The number of carboxylic acids is 1. The number of ether oxygens (including phenoxy) is 1. The molecule has 0 unspecified atom stereocenters. The van der Waals surface area contributed by atoms with Gasteiger partial charge in [-0.3, -0.25) is 0 Å². The van der Waals surface area contributed by atoms with Crippen LogP contribution in [0.5, 0.6) is 5.75 Å². The van der Waals surface area contributed by atoms with Crippen molar-refractivity contribution in [2.75, 3.05) is 6.61 Å². The summed E-state index contributed by atoms with van der Waals surface area (Å²) in [6.45, 7) is 5.67. The molecule has 0 saturated carbocycles. The van der Waals surface area contributed by atoms with Crippen molar-refractivity contribution >= 4 is 17.3 Å². The van der Waals surface area contributed by atoms with Crippen LogP contribution in [0.3, 0.4) is 0 Å². The third kappa shape index (κ3) is 4.36. The predicted octanol–water partition coefficient (Wildman–Crippen LogP) is 2.55. The first-order valence-corrected chi connectivity index (χ1v) is 6.36. The number of carboxylic acid groups (broad SMARTS) is 1. The standard InChI is InChI=1S/C12H18O4S/c1-4-8-7-9(10(17-8)11(13)14)16-6-5-12(2,3)15/h7,15H,4-6H2,1-3H3,(H,13,14). The minimum Gasteiger partial charge on any atom is -0.492 e. The van der Waals surface area contributed by atoms with Gasteiger partial charge in [0.1, 0.15) is 5.75 Å². The highest BCUT2D eigenvalue weighted by Crippen LogP contribution is 2.30. The lowest BCUT2D eigenvalue weighted by atomic mass is 10.1. The molecule has 1 rings (SSSR count). The third-order valence-corrected chi connectivity index (χ3v) is 3.51. The first-order chi connectivity index (χ1) is 7.83. The van der Waals surface area contributed by atoms with Gasteiger partial charge in [-0.15, -0.1) is 11.3 Å². The van der Waals surface area contributed by atoms with Gasteiger partial charge in [-0.05, 0) is 26.3 Å². The molecular weight excluding hydrogens is 240 g/mol. The number of hydrogen-bond acceptors (Lipinski definition) is 4. The van der Waals surface area contributed by atoms with E-state index in [0.29, 0.717) is 18.8 Å². The van der Waals surface area contributed by atoms with Crippen molar-refractivity contribution in [2.24, 2.45) is 0 Å². The Balaban J connectivity index is 2.69. The maximum atomic E-state index is 11.0. The highest BCUT2D eigenvalue weighted by Gasteiger charge is 2.18. The average molecular weight is 258 g/mol. The quantitative estimate of drug-likeness (QED) is 0.823. The van der Waals surface area contributed by atoms with E-state index in [0.717, 1.165) is 11.3 Å². The van der Waals surface area contributed by atoms with Gasteiger partial charge in [0, 0.05) is 11.3 Å². The molecule has 0 saturated heterocycles. The Kier molecular flexibility index (Phi) is 4.54. The lowest BCUT2D eigenvalue weighted by Crippen LogP contribution is -2.22. The molecule has 2 N–H and O–H groups in total. The van der Waals surface area contributed by atoms with Crippen molar-refractivity contribution in [3.63, 3.8) is 0 Å². The Bertz CT molecular complexity index is 390. The maximum absolute atomic E-state index is 11.0. The summed E-state index contributed by atoms with van der Waals surface area (Å²) in [7, 11) is 0. The van der Waals surface area contributed by atoms with Crippen LogP contribution in [-0.4, -0.2) is 28.4 Å². The summed E-state index contributed by atoms with van der Waals surface area (Å²) in [6, 6.07) is 1.76. The summed E-state index contributed by atoms with van der Waals surface area (Å²) in [5.41, 5.74) is -0.799. The minimum absolute atomic E-state index is 0.234. The number of aliphatic hydroxyl groups is 1. The van der Waals surface area contributed by atoms with Crippen molar-refractivity contribution in [2.45, 2.75) is 39.2 Å².